The van der Waals surface area contributed by atoms with Crippen molar-refractivity contribution in [3.63, 3.8) is 0 Å². The van der Waals surface area contributed by atoms with Crippen molar-refractivity contribution in [3.8, 4) is 0 Å². The zero-order valence-electron chi connectivity index (χ0n) is 12.5. The number of piperidine rings is 1. The summed E-state index contributed by atoms with van der Waals surface area (Å²) in [6.45, 7) is 2.08. The Balaban J connectivity index is 1.93. The number of H-pyrrole nitrogens is 1. The molecule has 1 amide bonds. The van der Waals surface area contributed by atoms with Crippen molar-refractivity contribution in [3.05, 3.63) is 34.2 Å². The van der Waals surface area contributed by atoms with Crippen LogP contribution in [0.3, 0.4) is 0 Å². The van der Waals surface area contributed by atoms with E-state index in [9.17, 15) is 19.1 Å². The maximum Gasteiger partial charge on any atom is 0.308 e. The lowest BCUT2D eigenvalue weighted by molar-refractivity contribution is -0.143. The second kappa shape index (κ2) is 5.96. The number of hydrogen-bond acceptors (Lipinski definition) is 2. The first kappa shape index (κ1) is 16.0. The minimum absolute atomic E-state index is 0.0407. The number of nitrogens with zero attached hydrogens (tertiary/aromatic N) is 1. The predicted molar refractivity (Wildman–Crippen MR) is 86.8 cm³/mol. The number of aromatic nitrogens is 1. The van der Waals surface area contributed by atoms with Gasteiger partial charge in [-0.05, 0) is 38.0 Å². The molecule has 1 aromatic carbocycles. The summed E-state index contributed by atoms with van der Waals surface area (Å²) in [5.74, 6) is -2.15. The number of hydrogen-bond donors (Lipinski definition) is 2. The van der Waals surface area contributed by atoms with Gasteiger partial charge in [-0.1, -0.05) is 15.9 Å². The Bertz CT molecular complexity index is 789. The van der Waals surface area contributed by atoms with E-state index in [0.29, 0.717) is 28.2 Å². The molecule has 2 aromatic rings. The van der Waals surface area contributed by atoms with E-state index in [1.165, 1.54) is 12.1 Å². The van der Waals surface area contributed by atoms with Crippen LogP contribution in [0.1, 0.15) is 30.3 Å². The van der Waals surface area contributed by atoms with Crippen molar-refractivity contribution in [1.29, 1.82) is 0 Å². The van der Waals surface area contributed by atoms with Gasteiger partial charge in [0.15, 0.2) is 0 Å². The van der Waals surface area contributed by atoms with Gasteiger partial charge in [-0.15, -0.1) is 0 Å². The van der Waals surface area contributed by atoms with Crippen molar-refractivity contribution in [2.45, 2.75) is 25.8 Å². The third-order valence-electron chi connectivity index (χ3n) is 4.37. The van der Waals surface area contributed by atoms with E-state index in [2.05, 4.69) is 20.9 Å². The fraction of sp³-hybridized carbons (Fsp3) is 0.375. The van der Waals surface area contributed by atoms with Crippen LogP contribution >= 0.6 is 15.9 Å². The molecule has 0 radical (unpaired) electrons. The highest BCUT2D eigenvalue weighted by Gasteiger charge is 2.33. The summed E-state index contributed by atoms with van der Waals surface area (Å²) >= 11 is 3.22. The van der Waals surface area contributed by atoms with Crippen LogP contribution in [0.4, 0.5) is 4.39 Å². The SMILES string of the molecule is CC1CCC(C(=O)O)CN1C(=O)c1cc2c(F)cc(Br)cc2[nH]1. The molecule has 2 atom stereocenters. The maximum atomic E-state index is 14.0. The van der Waals surface area contributed by atoms with Crippen LogP contribution in [0.15, 0.2) is 22.7 Å². The number of carboxylic acids is 1. The number of fused-ring (bicyclic) bond motifs is 1. The second-order valence-electron chi connectivity index (χ2n) is 5.95. The molecule has 0 aliphatic carbocycles. The number of nitrogens with one attached hydrogen (secondary N) is 1. The number of benzene rings is 1. The fourth-order valence-electron chi connectivity index (χ4n) is 3.02. The molecule has 0 spiro atoms. The Hall–Kier alpha value is -1.89. The molecule has 5 nitrogen and oxygen atoms in total. The predicted octanol–water partition coefficient (Wildman–Crippen LogP) is 3.39. The number of aromatic amines is 1. The lowest BCUT2D eigenvalue weighted by atomic mass is 9.93. The van der Waals surface area contributed by atoms with Gasteiger partial charge in [0.2, 0.25) is 0 Å². The number of halogens is 2. The van der Waals surface area contributed by atoms with Gasteiger partial charge in [0.05, 0.1) is 11.4 Å². The summed E-state index contributed by atoms with van der Waals surface area (Å²) in [7, 11) is 0. The third-order valence-corrected chi connectivity index (χ3v) is 4.83. The Morgan fingerprint density at radius 3 is 2.78 bits per heavy atom. The van der Waals surface area contributed by atoms with Crippen LogP contribution in [-0.4, -0.2) is 39.5 Å². The Labute approximate surface area is 140 Å². The number of carbonyl (C=O) groups excluding carboxylic acids is 1. The molecule has 23 heavy (non-hydrogen) atoms. The van der Waals surface area contributed by atoms with Crippen LogP contribution in [0.25, 0.3) is 10.9 Å². The monoisotopic (exact) mass is 382 g/mol. The first-order valence-corrected chi connectivity index (χ1v) is 8.17. The molecular weight excluding hydrogens is 367 g/mol. The van der Waals surface area contributed by atoms with E-state index in [4.69, 9.17) is 0 Å². The molecule has 7 heteroatoms. The summed E-state index contributed by atoms with van der Waals surface area (Å²) in [6.07, 6.45) is 1.21. The molecule has 1 aliphatic rings. The van der Waals surface area contributed by atoms with Crippen molar-refractivity contribution in [2.24, 2.45) is 5.92 Å². The van der Waals surface area contributed by atoms with Gasteiger partial charge in [-0.3, -0.25) is 9.59 Å². The topological polar surface area (TPSA) is 73.4 Å². The van der Waals surface area contributed by atoms with Gasteiger partial charge in [0, 0.05) is 22.4 Å². The van der Waals surface area contributed by atoms with Crippen LogP contribution in [0, 0.1) is 11.7 Å². The minimum Gasteiger partial charge on any atom is -0.481 e. The van der Waals surface area contributed by atoms with E-state index in [1.54, 1.807) is 11.0 Å². The molecule has 2 heterocycles. The summed E-state index contributed by atoms with van der Waals surface area (Å²) in [6, 6.07) is 4.49. The summed E-state index contributed by atoms with van der Waals surface area (Å²) in [5.41, 5.74) is 0.801. The summed E-state index contributed by atoms with van der Waals surface area (Å²) < 4.78 is 14.5. The smallest absolute Gasteiger partial charge is 0.308 e. The van der Waals surface area contributed by atoms with Crippen LogP contribution in [0.2, 0.25) is 0 Å². The van der Waals surface area contributed by atoms with E-state index < -0.39 is 17.7 Å². The Morgan fingerprint density at radius 2 is 2.09 bits per heavy atom. The van der Waals surface area contributed by atoms with Gasteiger partial charge in [-0.25, -0.2) is 4.39 Å². The highest BCUT2D eigenvalue weighted by Crippen LogP contribution is 2.27. The van der Waals surface area contributed by atoms with E-state index in [-0.39, 0.29) is 24.2 Å². The molecule has 2 unspecified atom stereocenters. The Morgan fingerprint density at radius 1 is 1.35 bits per heavy atom. The maximum absolute atomic E-state index is 14.0. The molecule has 1 fully saturated rings. The van der Waals surface area contributed by atoms with Gasteiger partial charge >= 0.3 is 5.97 Å². The molecule has 1 aromatic heterocycles. The van der Waals surface area contributed by atoms with E-state index in [0.717, 1.165) is 0 Å². The molecular formula is C16H16BrFN2O3. The summed E-state index contributed by atoms with van der Waals surface area (Å²) in [4.78, 5) is 28.4. The number of likely N-dealkylation sites (tertiary alicyclic amines) is 1. The average molecular weight is 383 g/mol. The van der Waals surface area contributed by atoms with Crippen molar-refractivity contribution >= 4 is 38.7 Å². The first-order valence-electron chi connectivity index (χ1n) is 7.38. The highest BCUT2D eigenvalue weighted by molar-refractivity contribution is 9.10. The molecule has 122 valence electrons. The first-order chi connectivity index (χ1) is 10.9. The van der Waals surface area contributed by atoms with Crippen molar-refractivity contribution in [1.82, 2.24) is 9.88 Å². The normalized spacial score (nSPS) is 21.6. The standard InChI is InChI=1S/C16H16BrFN2O3/c1-8-2-3-9(16(22)23)7-20(8)15(21)14-6-11-12(18)4-10(17)5-13(11)19-14/h4-6,8-9,19H,2-3,7H2,1H3,(H,22,23). The quantitative estimate of drug-likeness (QED) is 0.835. The van der Waals surface area contributed by atoms with E-state index in [1.807, 2.05) is 6.92 Å². The van der Waals surface area contributed by atoms with E-state index >= 15 is 0 Å². The number of carboxylic acid groups (broad SMARTS) is 1. The lowest BCUT2D eigenvalue weighted by Gasteiger charge is -2.36. The molecule has 3 rings (SSSR count). The van der Waals surface area contributed by atoms with Crippen LogP contribution < -0.4 is 0 Å². The molecule has 1 aliphatic heterocycles. The van der Waals surface area contributed by atoms with Gasteiger partial charge in [-0.2, -0.15) is 0 Å². The number of rotatable bonds is 2. The summed E-state index contributed by atoms with van der Waals surface area (Å²) in [5, 5.41) is 9.52. The molecule has 1 saturated heterocycles. The van der Waals surface area contributed by atoms with Gasteiger partial charge in [0.1, 0.15) is 11.5 Å². The largest absolute Gasteiger partial charge is 0.481 e. The third kappa shape index (κ3) is 2.97. The van der Waals surface area contributed by atoms with Gasteiger partial charge in [0.25, 0.3) is 5.91 Å². The molecule has 0 bridgehead atoms. The number of amides is 1. The van der Waals surface area contributed by atoms with Gasteiger partial charge < -0.3 is 15.0 Å². The Kier molecular flexibility index (Phi) is 4.14. The van der Waals surface area contributed by atoms with Crippen molar-refractivity contribution < 1.29 is 19.1 Å². The second-order valence-corrected chi connectivity index (χ2v) is 6.87. The minimum atomic E-state index is -0.888. The van der Waals surface area contributed by atoms with Crippen LogP contribution in [0.5, 0.6) is 0 Å². The zero-order chi connectivity index (χ0) is 16.7. The number of aliphatic carboxylic acids is 1. The van der Waals surface area contributed by atoms with Crippen molar-refractivity contribution in [2.75, 3.05) is 6.54 Å². The fourth-order valence-corrected chi connectivity index (χ4v) is 3.45. The lowest BCUT2D eigenvalue weighted by Crippen LogP contribution is -2.47. The molecule has 2 N–H and O–H groups in total. The highest BCUT2D eigenvalue weighted by atomic mass is 79.9. The number of carbonyl (C=O) groups is 2. The van der Waals surface area contributed by atoms with Crippen LogP contribution in [-0.2, 0) is 4.79 Å². The average Bonchev–Trinajstić information content (AvgIpc) is 2.91. The zero-order valence-corrected chi connectivity index (χ0v) is 14.1. The molecule has 0 saturated carbocycles.